The number of amides is 1. The minimum atomic E-state index is -2.17. The van der Waals surface area contributed by atoms with Crippen LogP contribution in [0, 0.1) is 6.92 Å². The number of halogens is 2. The van der Waals surface area contributed by atoms with Crippen LogP contribution in [0.5, 0.6) is 17.8 Å². The van der Waals surface area contributed by atoms with Gasteiger partial charge in [-0.25, -0.2) is 0 Å². The zero-order chi connectivity index (χ0) is 31.2. The fourth-order valence-electron chi connectivity index (χ4n) is 5.51. The Morgan fingerprint density at radius 3 is 2.26 bits per heavy atom. The fourth-order valence-corrected chi connectivity index (χ4v) is 5.88. The van der Waals surface area contributed by atoms with Gasteiger partial charge in [0, 0.05) is 39.6 Å². The molecule has 0 saturated heterocycles. The van der Waals surface area contributed by atoms with Crippen molar-refractivity contribution >= 4 is 40.6 Å². The Kier molecular flexibility index (Phi) is 8.13. The molecular weight excluding hydrogens is 595 g/mol. The number of hydrogen-bond acceptors (Lipinski definition) is 8. The zero-order valence-corrected chi connectivity index (χ0v) is 25.9. The third-order valence-corrected chi connectivity index (χ3v) is 7.94. The number of anilines is 1. The first kappa shape index (κ1) is 30.3. The summed E-state index contributed by atoms with van der Waals surface area (Å²) in [6.07, 6.45) is 1.46. The highest BCUT2D eigenvalue weighted by molar-refractivity contribution is 6.31. The highest BCUT2D eigenvalue weighted by Crippen LogP contribution is 2.47. The van der Waals surface area contributed by atoms with Crippen LogP contribution in [0.1, 0.15) is 58.1 Å². The summed E-state index contributed by atoms with van der Waals surface area (Å²) in [7, 11) is 4.26. The molecule has 1 atom stereocenters. The Balaban J connectivity index is 1.86. The molecule has 2 aromatic heterocycles. The molecule has 0 aliphatic heterocycles. The largest absolute Gasteiger partial charge is 0.479 e. The maximum atomic E-state index is 14.2. The van der Waals surface area contributed by atoms with Crippen molar-refractivity contribution in [3.63, 3.8) is 0 Å². The molecule has 43 heavy (non-hydrogen) atoms. The van der Waals surface area contributed by atoms with Crippen molar-refractivity contribution < 1.29 is 28.9 Å². The first-order valence-corrected chi connectivity index (χ1v) is 14.1. The first-order valence-electron chi connectivity index (χ1n) is 13.4. The molecule has 1 amide bonds. The molecule has 4 aromatic rings. The fraction of sp³-hybridized carbons (Fsp3) is 0.290. The standard InChI is InChI=1S/C31H30Cl2N4O6/c1-15(2)25-24(31(40)21-10-9-18(32)11-17(21)12-23(31)38)20(27(39)34-22-13-19(33)8-7-16(22)3)14-37(25)26-28(41-4)35-30(43-6)36-29(26)42-5/h7-11,13-15,40H,12H2,1-6H3,(H,34,39). The third kappa shape index (κ3) is 5.09. The molecule has 1 aliphatic carbocycles. The number of ketones is 1. The van der Waals surface area contributed by atoms with E-state index in [1.54, 1.807) is 41.0 Å². The Morgan fingerprint density at radius 1 is 1.02 bits per heavy atom. The van der Waals surface area contributed by atoms with Crippen LogP contribution in [0.25, 0.3) is 5.69 Å². The van der Waals surface area contributed by atoms with E-state index in [1.165, 1.54) is 27.5 Å². The van der Waals surface area contributed by atoms with Gasteiger partial charge in [0.25, 0.3) is 5.91 Å². The minimum Gasteiger partial charge on any atom is -0.479 e. The van der Waals surface area contributed by atoms with E-state index < -0.39 is 17.3 Å². The monoisotopic (exact) mass is 624 g/mol. The molecule has 2 N–H and O–H groups in total. The topological polar surface area (TPSA) is 125 Å². The van der Waals surface area contributed by atoms with Crippen LogP contribution in [0.15, 0.2) is 42.6 Å². The van der Waals surface area contributed by atoms with Gasteiger partial charge >= 0.3 is 6.01 Å². The van der Waals surface area contributed by atoms with E-state index in [2.05, 4.69) is 15.3 Å². The third-order valence-electron chi connectivity index (χ3n) is 7.47. The number of nitrogens with zero attached hydrogens (tertiary/aromatic N) is 3. The Morgan fingerprint density at radius 2 is 1.65 bits per heavy atom. The molecule has 0 fully saturated rings. The van der Waals surface area contributed by atoms with Crippen molar-refractivity contribution in [3.8, 4) is 23.5 Å². The van der Waals surface area contributed by atoms with E-state index in [0.29, 0.717) is 32.6 Å². The number of aryl methyl sites for hydroxylation is 1. The number of carbonyl (C=O) groups excluding carboxylic acids is 2. The molecule has 0 bridgehead atoms. The Bertz CT molecular complexity index is 1740. The van der Waals surface area contributed by atoms with Crippen molar-refractivity contribution in [1.29, 1.82) is 0 Å². The molecule has 12 heteroatoms. The van der Waals surface area contributed by atoms with Crippen LogP contribution in [0.3, 0.4) is 0 Å². The first-order chi connectivity index (χ1) is 20.4. The lowest BCUT2D eigenvalue weighted by Gasteiger charge is -2.27. The lowest BCUT2D eigenvalue weighted by molar-refractivity contribution is -0.131. The highest BCUT2D eigenvalue weighted by Gasteiger charge is 2.51. The normalized spacial score (nSPS) is 15.9. The second-order valence-electron chi connectivity index (χ2n) is 10.4. The van der Waals surface area contributed by atoms with E-state index in [0.717, 1.165) is 5.56 Å². The van der Waals surface area contributed by atoms with Gasteiger partial charge in [-0.05, 0) is 53.8 Å². The van der Waals surface area contributed by atoms with E-state index >= 15 is 0 Å². The summed E-state index contributed by atoms with van der Waals surface area (Å²) in [4.78, 5) is 36.6. The Labute approximate surface area is 258 Å². The van der Waals surface area contributed by atoms with E-state index in [9.17, 15) is 14.7 Å². The molecular formula is C31H30Cl2N4O6. The average molecular weight is 626 g/mol. The summed E-state index contributed by atoms with van der Waals surface area (Å²) in [5.41, 5.74) is 0.840. The number of hydrogen-bond donors (Lipinski definition) is 2. The number of aromatic nitrogens is 3. The van der Waals surface area contributed by atoms with Crippen molar-refractivity contribution in [3.05, 3.63) is 86.2 Å². The number of aliphatic hydroxyl groups is 1. The van der Waals surface area contributed by atoms with Crippen molar-refractivity contribution in [2.24, 2.45) is 0 Å². The molecule has 224 valence electrons. The lowest BCUT2D eigenvalue weighted by atomic mass is 9.82. The number of methoxy groups -OCH3 is 3. The number of benzene rings is 2. The molecule has 2 aromatic carbocycles. The quantitative estimate of drug-likeness (QED) is 0.258. The minimum absolute atomic E-state index is 0.000676. The van der Waals surface area contributed by atoms with Gasteiger partial charge in [0.2, 0.25) is 11.8 Å². The molecule has 10 nitrogen and oxygen atoms in total. The molecule has 1 aliphatic rings. The lowest BCUT2D eigenvalue weighted by Crippen LogP contribution is -2.36. The van der Waals surface area contributed by atoms with Crippen LogP contribution in [0.4, 0.5) is 5.69 Å². The predicted molar refractivity (Wildman–Crippen MR) is 162 cm³/mol. The molecule has 0 radical (unpaired) electrons. The van der Waals surface area contributed by atoms with E-state index in [-0.39, 0.29) is 46.9 Å². The average Bonchev–Trinajstić information content (AvgIpc) is 3.49. The van der Waals surface area contributed by atoms with E-state index in [1.807, 2.05) is 20.8 Å². The molecule has 0 spiro atoms. The van der Waals surface area contributed by atoms with Gasteiger partial charge in [0.15, 0.2) is 17.1 Å². The molecule has 1 unspecified atom stereocenters. The number of carbonyl (C=O) groups is 2. The second-order valence-corrected chi connectivity index (χ2v) is 11.3. The number of nitrogens with one attached hydrogen (secondary N) is 1. The number of fused-ring (bicyclic) bond motifs is 1. The van der Waals surface area contributed by atoms with Gasteiger partial charge in [-0.2, -0.15) is 9.97 Å². The van der Waals surface area contributed by atoms with Gasteiger partial charge in [0.05, 0.1) is 26.9 Å². The van der Waals surface area contributed by atoms with Crippen LogP contribution >= 0.6 is 23.2 Å². The van der Waals surface area contributed by atoms with Crippen LogP contribution in [-0.4, -0.2) is 52.7 Å². The van der Waals surface area contributed by atoms with Gasteiger partial charge in [0.1, 0.15) is 0 Å². The van der Waals surface area contributed by atoms with E-state index in [4.69, 9.17) is 37.4 Å². The summed E-state index contributed by atoms with van der Waals surface area (Å²) in [5, 5.41) is 16.2. The number of Topliss-reactive ketones (excluding diaryl/α,β-unsaturated/α-hetero) is 1. The van der Waals surface area contributed by atoms with Crippen molar-refractivity contribution in [1.82, 2.24) is 14.5 Å². The van der Waals surface area contributed by atoms with Gasteiger partial charge < -0.3 is 29.2 Å². The zero-order valence-electron chi connectivity index (χ0n) is 24.4. The predicted octanol–water partition coefficient (Wildman–Crippen LogP) is 5.65. The van der Waals surface area contributed by atoms with Gasteiger partial charge in [-0.15, -0.1) is 0 Å². The summed E-state index contributed by atoms with van der Waals surface area (Å²) >= 11 is 12.5. The van der Waals surface area contributed by atoms with Gasteiger partial charge in [-0.3, -0.25) is 9.59 Å². The molecule has 5 rings (SSSR count). The number of ether oxygens (including phenoxy) is 3. The molecule has 2 heterocycles. The van der Waals surface area contributed by atoms with Gasteiger partial charge in [-0.1, -0.05) is 49.2 Å². The van der Waals surface area contributed by atoms with Crippen LogP contribution in [0.2, 0.25) is 10.0 Å². The van der Waals surface area contributed by atoms with Crippen molar-refractivity contribution in [2.45, 2.75) is 38.7 Å². The summed E-state index contributed by atoms with van der Waals surface area (Å²) in [6.45, 7) is 5.59. The highest BCUT2D eigenvalue weighted by atomic mass is 35.5. The Hall–Kier alpha value is -4.12. The summed E-state index contributed by atoms with van der Waals surface area (Å²) < 4.78 is 18.0. The van der Waals surface area contributed by atoms with Crippen LogP contribution in [-0.2, 0) is 16.8 Å². The smallest absolute Gasteiger partial charge is 0.322 e. The molecule has 0 saturated carbocycles. The SMILES string of the molecule is COc1nc(OC)c(-n2cc(C(=O)Nc3cc(Cl)ccc3C)c(C3(O)C(=O)Cc4cc(Cl)ccc43)c2C(C)C)c(OC)n1. The van der Waals surface area contributed by atoms with Crippen LogP contribution < -0.4 is 19.5 Å². The maximum absolute atomic E-state index is 14.2. The second kappa shape index (κ2) is 11.5. The summed E-state index contributed by atoms with van der Waals surface area (Å²) in [6, 6.07) is 10.00. The summed E-state index contributed by atoms with van der Waals surface area (Å²) in [5.74, 6) is -1.24. The number of rotatable bonds is 8. The van der Waals surface area contributed by atoms with Crippen molar-refractivity contribution in [2.75, 3.05) is 26.6 Å². The maximum Gasteiger partial charge on any atom is 0.322 e.